The van der Waals surface area contributed by atoms with E-state index in [1.807, 2.05) is 17.0 Å². The average molecular weight is 510 g/mol. The molecule has 5 aliphatic rings. The number of hydrazone groups is 1. The molecule has 4 fully saturated rings. The molecule has 2 saturated carbocycles. The van der Waals surface area contributed by atoms with Gasteiger partial charge in [0, 0.05) is 38.5 Å². The Morgan fingerprint density at radius 1 is 1.14 bits per heavy atom. The van der Waals surface area contributed by atoms with Crippen molar-refractivity contribution >= 4 is 29.0 Å². The highest BCUT2D eigenvalue weighted by Gasteiger charge is 2.50. The number of hydrogen-bond donors (Lipinski definition) is 1. The molecule has 0 radical (unpaired) electrons. The summed E-state index contributed by atoms with van der Waals surface area (Å²) in [6, 6.07) is 8.19. The van der Waals surface area contributed by atoms with Gasteiger partial charge in [0.25, 0.3) is 0 Å². The number of carbonyl (C=O) groups excluding carboxylic acids is 1. The van der Waals surface area contributed by atoms with E-state index >= 15 is 0 Å². The highest BCUT2D eigenvalue weighted by atomic mass is 35.5. The van der Waals surface area contributed by atoms with Crippen molar-refractivity contribution in [1.29, 1.82) is 5.26 Å². The molecule has 0 bridgehead atoms. The standard InChI is InChI=1S/C28H36ClN5O2/c29-24-13-22(6-5-20(24)17-30)34-25(19-3-1-2-4-19)14-26(31-34)32-11-8-28(9-12-32)15-21(16-28)27(36)33-10-7-23(35)18-33/h5-6,13,19,21,23,25,35H,1-4,7-12,14-16,18H2. The van der Waals surface area contributed by atoms with Crippen LogP contribution >= 0.6 is 11.6 Å². The highest BCUT2D eigenvalue weighted by molar-refractivity contribution is 6.32. The Bertz CT molecular complexity index is 1080. The first-order chi connectivity index (χ1) is 17.4. The van der Waals surface area contributed by atoms with Gasteiger partial charge in [0.05, 0.1) is 28.4 Å². The third-order valence-electron chi connectivity index (χ3n) is 9.58. The summed E-state index contributed by atoms with van der Waals surface area (Å²) in [4.78, 5) is 17.2. The van der Waals surface area contributed by atoms with Crippen molar-refractivity contribution in [2.45, 2.75) is 76.4 Å². The largest absolute Gasteiger partial charge is 0.391 e. The first-order valence-corrected chi connectivity index (χ1v) is 14.1. The molecule has 7 nitrogen and oxygen atoms in total. The van der Waals surface area contributed by atoms with E-state index < -0.39 is 0 Å². The molecule has 1 amide bonds. The number of nitriles is 1. The molecule has 1 aromatic carbocycles. The first kappa shape index (κ1) is 24.1. The van der Waals surface area contributed by atoms with Crippen molar-refractivity contribution in [2.24, 2.45) is 22.4 Å². The SMILES string of the molecule is N#Cc1ccc(N2N=C(N3CCC4(CC3)CC(C(=O)N3CCC(O)C3)C4)CC2C2CCCC2)cc1Cl. The molecule has 192 valence electrons. The van der Waals surface area contributed by atoms with E-state index in [1.165, 1.54) is 31.5 Å². The number of β-amino-alcohol motifs (C(OH)–C–C–N with tert-alkyl or cyclic N) is 1. The number of likely N-dealkylation sites (tertiary alicyclic amines) is 2. The van der Waals surface area contributed by atoms with Crippen LogP contribution in [0.2, 0.25) is 5.02 Å². The van der Waals surface area contributed by atoms with Gasteiger partial charge in [0.15, 0.2) is 0 Å². The number of amidine groups is 1. The second-order valence-corrected chi connectivity index (χ2v) is 12.2. The molecule has 1 aromatic rings. The number of halogens is 1. The lowest BCUT2D eigenvalue weighted by Gasteiger charge is -2.52. The summed E-state index contributed by atoms with van der Waals surface area (Å²) < 4.78 is 0. The zero-order valence-corrected chi connectivity index (χ0v) is 21.7. The van der Waals surface area contributed by atoms with Crippen LogP contribution < -0.4 is 5.01 Å². The van der Waals surface area contributed by atoms with Crippen molar-refractivity contribution < 1.29 is 9.90 Å². The Balaban J connectivity index is 1.11. The predicted octanol–water partition coefficient (Wildman–Crippen LogP) is 4.38. The molecule has 2 atom stereocenters. The van der Waals surface area contributed by atoms with Crippen LogP contribution in [0, 0.1) is 28.6 Å². The van der Waals surface area contributed by atoms with Gasteiger partial charge in [-0.2, -0.15) is 10.4 Å². The van der Waals surface area contributed by atoms with Gasteiger partial charge in [-0.1, -0.05) is 24.4 Å². The fourth-order valence-corrected chi connectivity index (χ4v) is 7.63. The van der Waals surface area contributed by atoms with Crippen molar-refractivity contribution in [3.63, 3.8) is 0 Å². The fourth-order valence-electron chi connectivity index (χ4n) is 7.41. The first-order valence-electron chi connectivity index (χ1n) is 13.7. The minimum absolute atomic E-state index is 0.147. The molecule has 8 heteroatoms. The van der Waals surface area contributed by atoms with Gasteiger partial charge in [-0.3, -0.25) is 9.80 Å². The smallest absolute Gasteiger partial charge is 0.225 e. The number of anilines is 1. The summed E-state index contributed by atoms with van der Waals surface area (Å²) in [6.07, 6.45) is 10.7. The number of benzene rings is 1. The maximum Gasteiger partial charge on any atom is 0.225 e. The van der Waals surface area contributed by atoms with Crippen LogP contribution in [0.15, 0.2) is 23.3 Å². The number of nitrogens with zero attached hydrogens (tertiary/aromatic N) is 5. The van der Waals surface area contributed by atoms with Crippen LogP contribution in [0.5, 0.6) is 0 Å². The number of rotatable bonds is 3. The van der Waals surface area contributed by atoms with Gasteiger partial charge in [0.2, 0.25) is 5.91 Å². The van der Waals surface area contributed by atoms with Gasteiger partial charge >= 0.3 is 0 Å². The second kappa shape index (κ2) is 9.54. The van der Waals surface area contributed by atoms with Crippen LogP contribution in [-0.2, 0) is 4.79 Å². The van der Waals surface area contributed by atoms with E-state index in [9.17, 15) is 15.2 Å². The van der Waals surface area contributed by atoms with Crippen molar-refractivity contribution in [2.75, 3.05) is 31.2 Å². The van der Waals surface area contributed by atoms with Gasteiger partial charge in [-0.15, -0.1) is 0 Å². The monoisotopic (exact) mass is 509 g/mol. The van der Waals surface area contributed by atoms with Gasteiger partial charge in [-0.05, 0) is 74.5 Å². The number of hydrogen-bond acceptors (Lipinski definition) is 6. The molecule has 1 N–H and O–H groups in total. The lowest BCUT2D eigenvalue weighted by Crippen LogP contribution is -2.52. The van der Waals surface area contributed by atoms with E-state index in [0.717, 1.165) is 50.9 Å². The molecule has 1 spiro atoms. The molecule has 36 heavy (non-hydrogen) atoms. The zero-order valence-electron chi connectivity index (χ0n) is 20.9. The van der Waals surface area contributed by atoms with Crippen LogP contribution in [0.4, 0.5) is 5.69 Å². The third kappa shape index (κ3) is 4.37. The Labute approximate surface area is 218 Å². The summed E-state index contributed by atoms with van der Waals surface area (Å²) in [5.74, 6) is 2.23. The summed E-state index contributed by atoms with van der Waals surface area (Å²) in [5.41, 5.74) is 1.78. The Hall–Kier alpha value is -2.30. The molecule has 2 saturated heterocycles. The van der Waals surface area contributed by atoms with E-state index in [4.69, 9.17) is 16.7 Å². The Morgan fingerprint density at radius 2 is 1.89 bits per heavy atom. The summed E-state index contributed by atoms with van der Waals surface area (Å²) >= 11 is 6.39. The second-order valence-electron chi connectivity index (χ2n) is 11.8. The number of amides is 1. The number of carbonyl (C=O) groups is 1. The van der Waals surface area contributed by atoms with E-state index in [2.05, 4.69) is 16.0 Å². The van der Waals surface area contributed by atoms with Gasteiger partial charge in [-0.25, -0.2) is 0 Å². The lowest BCUT2D eigenvalue weighted by molar-refractivity contribution is -0.144. The maximum atomic E-state index is 12.8. The topological polar surface area (TPSA) is 83.2 Å². The average Bonchev–Trinajstić information content (AvgIpc) is 3.63. The third-order valence-corrected chi connectivity index (χ3v) is 9.90. The van der Waals surface area contributed by atoms with E-state index in [0.29, 0.717) is 47.5 Å². The fraction of sp³-hybridized carbons (Fsp3) is 0.679. The van der Waals surface area contributed by atoms with Gasteiger partial charge < -0.3 is 14.9 Å². The van der Waals surface area contributed by atoms with Gasteiger partial charge in [0.1, 0.15) is 11.9 Å². The number of aliphatic hydroxyl groups excluding tert-OH is 1. The van der Waals surface area contributed by atoms with Crippen LogP contribution in [0.1, 0.15) is 69.8 Å². The summed E-state index contributed by atoms with van der Waals surface area (Å²) in [7, 11) is 0. The summed E-state index contributed by atoms with van der Waals surface area (Å²) in [6.45, 7) is 3.22. The Morgan fingerprint density at radius 3 is 2.53 bits per heavy atom. The molecular weight excluding hydrogens is 474 g/mol. The minimum Gasteiger partial charge on any atom is -0.391 e. The molecular formula is C28H36ClN5O2. The quantitative estimate of drug-likeness (QED) is 0.653. The minimum atomic E-state index is -0.341. The van der Waals surface area contributed by atoms with Crippen LogP contribution in [0.25, 0.3) is 0 Å². The van der Waals surface area contributed by atoms with Crippen molar-refractivity contribution in [3.05, 3.63) is 28.8 Å². The van der Waals surface area contributed by atoms with Crippen LogP contribution in [-0.4, -0.2) is 65.0 Å². The summed E-state index contributed by atoms with van der Waals surface area (Å²) in [5, 5.41) is 26.9. The number of aliphatic hydroxyl groups is 1. The van der Waals surface area contributed by atoms with Crippen LogP contribution in [0.3, 0.4) is 0 Å². The van der Waals surface area contributed by atoms with Crippen molar-refractivity contribution in [3.8, 4) is 6.07 Å². The zero-order chi connectivity index (χ0) is 24.9. The molecule has 2 aliphatic carbocycles. The molecule has 0 aromatic heterocycles. The predicted molar refractivity (Wildman–Crippen MR) is 140 cm³/mol. The molecule has 3 aliphatic heterocycles. The van der Waals surface area contributed by atoms with Crippen molar-refractivity contribution in [1.82, 2.24) is 9.80 Å². The number of piperidine rings is 1. The molecule has 6 rings (SSSR count). The Kier molecular flexibility index (Phi) is 6.37. The highest BCUT2D eigenvalue weighted by Crippen LogP contribution is 2.53. The molecule has 2 unspecified atom stereocenters. The van der Waals surface area contributed by atoms with E-state index in [-0.39, 0.29) is 17.9 Å². The molecule has 3 heterocycles. The van der Waals surface area contributed by atoms with E-state index in [1.54, 1.807) is 6.07 Å². The normalized spacial score (nSPS) is 28.5. The lowest BCUT2D eigenvalue weighted by atomic mass is 9.57. The maximum absolute atomic E-state index is 12.8.